The average Bonchev–Trinajstić information content (AvgIpc) is 2.66. The van der Waals surface area contributed by atoms with Gasteiger partial charge in [0.1, 0.15) is 0 Å². The van der Waals surface area contributed by atoms with Crippen LogP contribution < -0.4 is 11.3 Å². The first-order valence-corrected chi connectivity index (χ1v) is 4.80. The van der Waals surface area contributed by atoms with Gasteiger partial charge in [-0.25, -0.2) is 5.84 Å². The lowest BCUT2D eigenvalue weighted by atomic mass is 10.1. The predicted octanol–water partition coefficient (Wildman–Crippen LogP) is 1.33. The first-order chi connectivity index (χ1) is 7.38. The monoisotopic (exact) mass is 198 g/mol. The van der Waals surface area contributed by atoms with E-state index < -0.39 is 0 Å². The molecule has 0 radical (unpaired) electrons. The molecule has 0 amide bonds. The van der Waals surface area contributed by atoms with Gasteiger partial charge in [-0.05, 0) is 17.2 Å². The van der Waals surface area contributed by atoms with E-state index in [9.17, 15) is 0 Å². The summed E-state index contributed by atoms with van der Waals surface area (Å²) in [6.45, 7) is 0. The molecule has 3 N–H and O–H groups in total. The lowest BCUT2D eigenvalue weighted by Crippen LogP contribution is -2.09. The van der Waals surface area contributed by atoms with Gasteiger partial charge in [-0.2, -0.15) is 0 Å². The number of nitrogens with zero attached hydrogens (tertiary/aromatic N) is 2. The van der Waals surface area contributed by atoms with Crippen molar-refractivity contribution in [2.24, 2.45) is 5.84 Å². The van der Waals surface area contributed by atoms with E-state index in [1.165, 1.54) is 16.7 Å². The van der Waals surface area contributed by atoms with E-state index in [1.54, 1.807) is 0 Å². The van der Waals surface area contributed by atoms with E-state index in [1.807, 2.05) is 18.2 Å². The van der Waals surface area contributed by atoms with E-state index in [2.05, 4.69) is 27.8 Å². The fourth-order valence-electron chi connectivity index (χ4n) is 1.97. The van der Waals surface area contributed by atoms with Crippen molar-refractivity contribution in [2.75, 3.05) is 5.43 Å². The molecule has 74 valence electrons. The van der Waals surface area contributed by atoms with Gasteiger partial charge in [0.15, 0.2) is 5.82 Å². The highest BCUT2D eigenvalue weighted by Crippen LogP contribution is 2.34. The number of hydrogen-bond donors (Lipinski definition) is 2. The molecular weight excluding hydrogens is 188 g/mol. The molecule has 0 spiro atoms. The lowest BCUT2D eigenvalue weighted by Gasteiger charge is -2.01. The molecule has 1 aromatic heterocycles. The number of nitrogens with one attached hydrogen (secondary N) is 1. The molecule has 4 heteroatoms. The van der Waals surface area contributed by atoms with Gasteiger partial charge in [0.2, 0.25) is 0 Å². The molecule has 0 aliphatic heterocycles. The Hall–Kier alpha value is -1.94. The molecule has 2 aromatic rings. The molecule has 4 nitrogen and oxygen atoms in total. The van der Waals surface area contributed by atoms with E-state index in [4.69, 9.17) is 5.84 Å². The van der Waals surface area contributed by atoms with Crippen LogP contribution in [-0.4, -0.2) is 10.2 Å². The summed E-state index contributed by atoms with van der Waals surface area (Å²) in [5.41, 5.74) is 7.15. The number of aromatic nitrogens is 2. The van der Waals surface area contributed by atoms with E-state index in [-0.39, 0.29) is 0 Å². The van der Waals surface area contributed by atoms with Gasteiger partial charge in [-0.3, -0.25) is 0 Å². The van der Waals surface area contributed by atoms with Crippen LogP contribution in [0.5, 0.6) is 0 Å². The SMILES string of the molecule is NNc1cc2c(nn1)-c1ccccc1C2. The molecule has 0 unspecified atom stereocenters. The maximum Gasteiger partial charge on any atom is 0.162 e. The third-order valence-electron chi connectivity index (χ3n) is 2.67. The van der Waals surface area contributed by atoms with Crippen molar-refractivity contribution >= 4 is 5.82 Å². The fraction of sp³-hybridized carbons (Fsp3) is 0.0909. The quantitative estimate of drug-likeness (QED) is 0.457. The molecule has 1 heterocycles. The second kappa shape index (κ2) is 3.03. The first-order valence-electron chi connectivity index (χ1n) is 4.80. The topological polar surface area (TPSA) is 63.8 Å². The highest BCUT2D eigenvalue weighted by Gasteiger charge is 2.19. The molecular formula is C11H10N4. The summed E-state index contributed by atoms with van der Waals surface area (Å²) in [6, 6.07) is 10.2. The van der Waals surface area contributed by atoms with Crippen LogP contribution in [0.3, 0.4) is 0 Å². The third kappa shape index (κ3) is 1.19. The van der Waals surface area contributed by atoms with Crippen LogP contribution in [0.25, 0.3) is 11.3 Å². The van der Waals surface area contributed by atoms with Crippen LogP contribution in [0, 0.1) is 0 Å². The highest BCUT2D eigenvalue weighted by atomic mass is 15.3. The van der Waals surface area contributed by atoms with Crippen molar-refractivity contribution in [2.45, 2.75) is 6.42 Å². The molecule has 1 aliphatic rings. The van der Waals surface area contributed by atoms with Crippen molar-refractivity contribution in [1.82, 2.24) is 10.2 Å². The second-order valence-corrected chi connectivity index (χ2v) is 3.58. The van der Waals surface area contributed by atoms with Gasteiger partial charge < -0.3 is 5.43 Å². The fourth-order valence-corrected chi connectivity index (χ4v) is 1.97. The van der Waals surface area contributed by atoms with Gasteiger partial charge in [0.25, 0.3) is 0 Å². The standard InChI is InChI=1S/C11H10N4/c12-13-10-6-8-5-7-3-1-2-4-9(7)11(8)15-14-10/h1-4,6H,5,12H2,(H,13,14). The Bertz CT molecular complexity index is 522. The molecule has 15 heavy (non-hydrogen) atoms. The van der Waals surface area contributed by atoms with Crippen LogP contribution in [0.15, 0.2) is 30.3 Å². The summed E-state index contributed by atoms with van der Waals surface area (Å²) in [5.74, 6) is 5.91. The Labute approximate surface area is 87.1 Å². The second-order valence-electron chi connectivity index (χ2n) is 3.58. The van der Waals surface area contributed by atoms with Gasteiger partial charge in [0.05, 0.1) is 5.69 Å². The summed E-state index contributed by atoms with van der Waals surface area (Å²) < 4.78 is 0. The first kappa shape index (κ1) is 8.38. The summed E-state index contributed by atoms with van der Waals surface area (Å²) in [5, 5.41) is 8.16. The lowest BCUT2D eigenvalue weighted by molar-refractivity contribution is 1.01. The molecule has 1 aliphatic carbocycles. The summed E-state index contributed by atoms with van der Waals surface area (Å²) >= 11 is 0. The number of rotatable bonds is 1. The number of benzene rings is 1. The Balaban J connectivity index is 2.18. The normalized spacial score (nSPS) is 12.1. The number of hydrazine groups is 1. The van der Waals surface area contributed by atoms with Crippen LogP contribution in [0.1, 0.15) is 11.1 Å². The molecule has 3 rings (SSSR count). The van der Waals surface area contributed by atoms with Crippen molar-refractivity contribution < 1.29 is 0 Å². The Morgan fingerprint density at radius 1 is 1.13 bits per heavy atom. The molecule has 0 saturated heterocycles. The van der Waals surface area contributed by atoms with Crippen molar-refractivity contribution in [1.29, 1.82) is 0 Å². The Morgan fingerprint density at radius 2 is 2.00 bits per heavy atom. The number of anilines is 1. The van der Waals surface area contributed by atoms with Crippen molar-refractivity contribution in [3.63, 3.8) is 0 Å². The number of nitrogen functional groups attached to an aromatic ring is 1. The molecule has 1 aromatic carbocycles. The minimum Gasteiger partial charge on any atom is -0.307 e. The van der Waals surface area contributed by atoms with Crippen LogP contribution in [0.2, 0.25) is 0 Å². The zero-order valence-corrected chi connectivity index (χ0v) is 8.07. The van der Waals surface area contributed by atoms with Gasteiger partial charge in [-0.15, -0.1) is 10.2 Å². The van der Waals surface area contributed by atoms with Gasteiger partial charge >= 0.3 is 0 Å². The Kier molecular flexibility index (Phi) is 1.69. The van der Waals surface area contributed by atoms with E-state index in [0.29, 0.717) is 5.82 Å². The summed E-state index contributed by atoms with van der Waals surface area (Å²) in [7, 11) is 0. The van der Waals surface area contributed by atoms with Crippen LogP contribution in [-0.2, 0) is 6.42 Å². The highest BCUT2D eigenvalue weighted by molar-refractivity contribution is 5.73. The van der Waals surface area contributed by atoms with Crippen molar-refractivity contribution in [3.05, 3.63) is 41.5 Å². The number of fused-ring (bicyclic) bond motifs is 3. The maximum atomic E-state index is 5.30. The molecule has 0 fully saturated rings. The largest absolute Gasteiger partial charge is 0.307 e. The maximum absolute atomic E-state index is 5.30. The van der Waals surface area contributed by atoms with Crippen molar-refractivity contribution in [3.8, 4) is 11.3 Å². The Morgan fingerprint density at radius 3 is 2.87 bits per heavy atom. The number of hydrogen-bond acceptors (Lipinski definition) is 4. The minimum atomic E-state index is 0.613. The minimum absolute atomic E-state index is 0.613. The zero-order chi connectivity index (χ0) is 10.3. The predicted molar refractivity (Wildman–Crippen MR) is 58.1 cm³/mol. The van der Waals surface area contributed by atoms with Gasteiger partial charge in [0, 0.05) is 12.0 Å². The third-order valence-corrected chi connectivity index (χ3v) is 2.67. The smallest absolute Gasteiger partial charge is 0.162 e. The van der Waals surface area contributed by atoms with Crippen LogP contribution >= 0.6 is 0 Å². The number of nitrogens with two attached hydrogens (primary N) is 1. The zero-order valence-electron chi connectivity index (χ0n) is 8.07. The van der Waals surface area contributed by atoms with E-state index in [0.717, 1.165) is 12.1 Å². The van der Waals surface area contributed by atoms with Crippen LogP contribution in [0.4, 0.5) is 5.82 Å². The molecule has 0 bridgehead atoms. The molecule has 0 saturated carbocycles. The summed E-state index contributed by atoms with van der Waals surface area (Å²) in [4.78, 5) is 0. The molecule has 0 atom stereocenters. The van der Waals surface area contributed by atoms with Gasteiger partial charge in [-0.1, -0.05) is 24.3 Å². The average molecular weight is 198 g/mol. The summed E-state index contributed by atoms with van der Waals surface area (Å²) in [6.07, 6.45) is 0.912. The van der Waals surface area contributed by atoms with E-state index >= 15 is 0 Å².